The zero-order chi connectivity index (χ0) is 14.3. The van der Waals surface area contributed by atoms with Crippen molar-refractivity contribution >= 4 is 21.8 Å². The molecule has 0 saturated heterocycles. The molecule has 19 heavy (non-hydrogen) atoms. The van der Waals surface area contributed by atoms with Gasteiger partial charge in [0.25, 0.3) is 5.91 Å². The summed E-state index contributed by atoms with van der Waals surface area (Å²) in [7, 11) is 4.70. The second-order valence-corrected chi connectivity index (χ2v) is 5.16. The monoisotopic (exact) mass is 331 g/mol. The third kappa shape index (κ3) is 5.08. The lowest BCUT2D eigenvalue weighted by molar-refractivity contribution is 0.0949. The number of benzene rings is 1. The first-order valence-corrected chi connectivity index (χ1v) is 6.66. The van der Waals surface area contributed by atoms with Gasteiger partial charge in [-0.25, -0.2) is 0 Å². The Balaban J connectivity index is 2.70. The lowest BCUT2D eigenvalue weighted by Crippen LogP contribution is -2.31. The Morgan fingerprint density at radius 3 is 2.26 bits per heavy atom. The zero-order valence-corrected chi connectivity index (χ0v) is 12.8. The van der Waals surface area contributed by atoms with Gasteiger partial charge in [0.2, 0.25) is 0 Å². The topological polar surface area (TPSA) is 56.8 Å². The molecule has 6 heteroatoms. The molecule has 0 saturated carbocycles. The summed E-state index contributed by atoms with van der Waals surface area (Å²) in [5.74, 6) is 0.978. The number of hydrogen-bond acceptors (Lipinski definition) is 4. The Kier molecular flexibility index (Phi) is 6.66. The van der Waals surface area contributed by atoms with Gasteiger partial charge in [-0.15, -0.1) is 0 Å². The summed E-state index contributed by atoms with van der Waals surface area (Å²) in [5.41, 5.74) is 0.494. The number of carbonyl (C=O) groups excluding carboxylic acids is 1. The lowest BCUT2D eigenvalue weighted by atomic mass is 10.2. The standard InChI is InChI=1S/C13H18BrNO4/c1-17-8-10(14)7-15-13(16)9-4-11(18-2)6-12(5-9)19-3/h4-6,10H,7-8H2,1-3H3,(H,15,16). The molecule has 1 amide bonds. The largest absolute Gasteiger partial charge is 0.497 e. The second-order valence-electron chi connectivity index (χ2n) is 3.86. The highest BCUT2D eigenvalue weighted by atomic mass is 79.9. The molecule has 1 N–H and O–H groups in total. The Morgan fingerprint density at radius 2 is 1.79 bits per heavy atom. The Bertz CT molecular complexity index is 403. The van der Waals surface area contributed by atoms with Crippen molar-refractivity contribution in [2.45, 2.75) is 4.83 Å². The van der Waals surface area contributed by atoms with Crippen LogP contribution in [0.3, 0.4) is 0 Å². The van der Waals surface area contributed by atoms with Crippen molar-refractivity contribution in [3.63, 3.8) is 0 Å². The van der Waals surface area contributed by atoms with Gasteiger partial charge in [0.05, 0.1) is 25.7 Å². The highest BCUT2D eigenvalue weighted by molar-refractivity contribution is 9.09. The summed E-state index contributed by atoms with van der Waals surface area (Å²) in [6.07, 6.45) is 0. The van der Waals surface area contributed by atoms with E-state index < -0.39 is 0 Å². The van der Waals surface area contributed by atoms with E-state index in [1.807, 2.05) is 0 Å². The third-order valence-electron chi connectivity index (χ3n) is 2.45. The normalized spacial score (nSPS) is 11.8. The molecule has 0 heterocycles. The van der Waals surface area contributed by atoms with E-state index in [0.717, 1.165) is 0 Å². The number of hydrogen-bond donors (Lipinski definition) is 1. The fraction of sp³-hybridized carbons (Fsp3) is 0.462. The van der Waals surface area contributed by atoms with Crippen LogP contribution in [0.1, 0.15) is 10.4 Å². The first kappa shape index (κ1) is 15.8. The van der Waals surface area contributed by atoms with E-state index in [-0.39, 0.29) is 10.7 Å². The molecule has 0 aliphatic heterocycles. The van der Waals surface area contributed by atoms with Crippen LogP contribution in [0.25, 0.3) is 0 Å². The lowest BCUT2D eigenvalue weighted by Gasteiger charge is -2.11. The maximum Gasteiger partial charge on any atom is 0.251 e. The molecular weight excluding hydrogens is 314 g/mol. The fourth-order valence-electron chi connectivity index (χ4n) is 1.48. The minimum atomic E-state index is -0.183. The highest BCUT2D eigenvalue weighted by Gasteiger charge is 2.11. The van der Waals surface area contributed by atoms with Crippen LogP contribution >= 0.6 is 15.9 Å². The molecule has 1 unspecified atom stereocenters. The molecule has 0 bridgehead atoms. The third-order valence-corrected chi connectivity index (χ3v) is 3.03. The number of alkyl halides is 1. The van der Waals surface area contributed by atoms with Gasteiger partial charge in [-0.3, -0.25) is 4.79 Å². The van der Waals surface area contributed by atoms with Gasteiger partial charge in [0.1, 0.15) is 11.5 Å². The average Bonchev–Trinajstić information content (AvgIpc) is 2.44. The maximum absolute atomic E-state index is 12.0. The van der Waals surface area contributed by atoms with E-state index in [1.54, 1.807) is 39.5 Å². The molecule has 1 atom stereocenters. The van der Waals surface area contributed by atoms with Crippen LogP contribution in [-0.4, -0.2) is 45.2 Å². The van der Waals surface area contributed by atoms with E-state index in [9.17, 15) is 4.79 Å². The number of carbonyl (C=O) groups is 1. The summed E-state index contributed by atoms with van der Waals surface area (Å²) in [6, 6.07) is 5.05. The summed E-state index contributed by atoms with van der Waals surface area (Å²) in [6.45, 7) is 1.01. The predicted molar refractivity (Wildman–Crippen MR) is 76.5 cm³/mol. The quantitative estimate of drug-likeness (QED) is 0.774. The van der Waals surface area contributed by atoms with Crippen LogP contribution in [0.15, 0.2) is 18.2 Å². The molecule has 0 aromatic heterocycles. The molecule has 1 aromatic carbocycles. The molecular formula is C13H18BrNO4. The summed E-state index contributed by atoms with van der Waals surface area (Å²) < 4.78 is 15.2. The smallest absolute Gasteiger partial charge is 0.251 e. The van der Waals surface area contributed by atoms with E-state index in [0.29, 0.717) is 30.2 Å². The maximum atomic E-state index is 12.0. The van der Waals surface area contributed by atoms with Gasteiger partial charge in [0, 0.05) is 25.3 Å². The summed E-state index contributed by atoms with van der Waals surface area (Å²) >= 11 is 3.41. The van der Waals surface area contributed by atoms with Gasteiger partial charge in [-0.2, -0.15) is 0 Å². The van der Waals surface area contributed by atoms with Crippen LogP contribution in [0, 0.1) is 0 Å². The predicted octanol–water partition coefficient (Wildman–Crippen LogP) is 1.84. The van der Waals surface area contributed by atoms with Gasteiger partial charge < -0.3 is 19.5 Å². The summed E-state index contributed by atoms with van der Waals surface area (Å²) in [4.78, 5) is 12.1. The summed E-state index contributed by atoms with van der Waals surface area (Å²) in [5, 5.41) is 2.81. The van der Waals surface area contributed by atoms with E-state index in [4.69, 9.17) is 14.2 Å². The Hall–Kier alpha value is -1.27. The second kappa shape index (κ2) is 8.01. The van der Waals surface area contributed by atoms with Crippen molar-refractivity contribution in [3.8, 4) is 11.5 Å². The molecule has 0 aliphatic rings. The van der Waals surface area contributed by atoms with Crippen LogP contribution in [-0.2, 0) is 4.74 Å². The van der Waals surface area contributed by atoms with Gasteiger partial charge in [-0.1, -0.05) is 15.9 Å². The number of rotatable bonds is 7. The van der Waals surface area contributed by atoms with Crippen LogP contribution in [0.4, 0.5) is 0 Å². The van der Waals surface area contributed by atoms with Crippen molar-refractivity contribution in [1.29, 1.82) is 0 Å². The van der Waals surface area contributed by atoms with Crippen molar-refractivity contribution in [2.24, 2.45) is 0 Å². The Morgan fingerprint density at radius 1 is 1.21 bits per heavy atom. The average molecular weight is 332 g/mol. The molecule has 0 radical (unpaired) electrons. The number of amides is 1. The molecule has 106 valence electrons. The minimum Gasteiger partial charge on any atom is -0.497 e. The number of halogens is 1. The van der Waals surface area contributed by atoms with E-state index >= 15 is 0 Å². The van der Waals surface area contributed by atoms with Crippen molar-refractivity contribution in [3.05, 3.63) is 23.8 Å². The molecule has 5 nitrogen and oxygen atoms in total. The zero-order valence-electron chi connectivity index (χ0n) is 11.2. The highest BCUT2D eigenvalue weighted by Crippen LogP contribution is 2.22. The van der Waals surface area contributed by atoms with E-state index in [1.165, 1.54) is 0 Å². The Labute approximate surface area is 121 Å². The minimum absolute atomic E-state index is 0.0777. The van der Waals surface area contributed by atoms with Crippen LogP contribution in [0.5, 0.6) is 11.5 Å². The van der Waals surface area contributed by atoms with Gasteiger partial charge >= 0.3 is 0 Å². The van der Waals surface area contributed by atoms with Crippen molar-refractivity contribution in [2.75, 3.05) is 34.5 Å². The molecule has 1 rings (SSSR count). The first-order valence-electron chi connectivity index (χ1n) is 5.75. The number of nitrogens with one attached hydrogen (secondary N) is 1. The van der Waals surface area contributed by atoms with Crippen molar-refractivity contribution < 1.29 is 19.0 Å². The molecule has 0 spiro atoms. The van der Waals surface area contributed by atoms with Crippen LogP contribution < -0.4 is 14.8 Å². The van der Waals surface area contributed by atoms with E-state index in [2.05, 4.69) is 21.2 Å². The molecule has 0 fully saturated rings. The van der Waals surface area contributed by atoms with Crippen molar-refractivity contribution in [1.82, 2.24) is 5.32 Å². The van der Waals surface area contributed by atoms with Gasteiger partial charge in [-0.05, 0) is 12.1 Å². The fourth-order valence-corrected chi connectivity index (χ4v) is 1.91. The molecule has 0 aliphatic carbocycles. The van der Waals surface area contributed by atoms with Crippen LogP contribution in [0.2, 0.25) is 0 Å². The molecule has 1 aromatic rings. The number of ether oxygens (including phenoxy) is 3. The first-order chi connectivity index (χ1) is 9.10. The SMILES string of the molecule is COCC(Br)CNC(=O)c1cc(OC)cc(OC)c1. The number of methoxy groups -OCH3 is 3. The van der Waals surface area contributed by atoms with Gasteiger partial charge in [0.15, 0.2) is 0 Å².